The lowest BCUT2D eigenvalue weighted by atomic mass is 10.1. The molecule has 1 fully saturated rings. The molecule has 2 aromatic rings. The number of amides is 2. The second-order valence-corrected chi connectivity index (χ2v) is 9.15. The van der Waals surface area contributed by atoms with E-state index in [1.807, 2.05) is 30.8 Å². The fourth-order valence-electron chi connectivity index (χ4n) is 3.89. The van der Waals surface area contributed by atoms with Crippen molar-refractivity contribution in [2.45, 2.75) is 25.9 Å². The minimum Gasteiger partial charge on any atom is -0.368 e. The minimum atomic E-state index is -0.800. The van der Waals surface area contributed by atoms with Gasteiger partial charge in [-0.3, -0.25) is 19.5 Å². The van der Waals surface area contributed by atoms with E-state index in [9.17, 15) is 14.0 Å². The second-order valence-electron chi connectivity index (χ2n) is 7.92. The molecular weight excluding hydrogens is 429 g/mol. The number of carbonyl (C=O) groups excluding carboxylic acids is 2. The van der Waals surface area contributed by atoms with Crippen LogP contribution in [0.3, 0.4) is 0 Å². The maximum atomic E-state index is 13.3. The molecule has 1 saturated heterocycles. The molecule has 1 atom stereocenters. The molecule has 2 heterocycles. The van der Waals surface area contributed by atoms with E-state index in [1.165, 1.54) is 34.8 Å². The minimum absolute atomic E-state index is 0.0860. The van der Waals surface area contributed by atoms with E-state index in [0.29, 0.717) is 5.69 Å². The normalized spacial score (nSPS) is 19.0. The highest BCUT2D eigenvalue weighted by atomic mass is 32.2. The number of hydrogen-bond acceptors (Lipinski definition) is 6. The summed E-state index contributed by atoms with van der Waals surface area (Å²) in [4.78, 5) is 27.4. The van der Waals surface area contributed by atoms with Crippen molar-refractivity contribution in [3.63, 3.8) is 0 Å². The largest absolute Gasteiger partial charge is 0.368 e. The summed E-state index contributed by atoms with van der Waals surface area (Å²) in [7, 11) is 0. The molecule has 0 radical (unpaired) electrons. The summed E-state index contributed by atoms with van der Waals surface area (Å²) < 4.78 is 13.3. The lowest BCUT2D eigenvalue weighted by Gasteiger charge is -2.27. The molecule has 2 aromatic carbocycles. The number of primary amides is 1. The average Bonchev–Trinajstić information content (AvgIpc) is 3.24. The van der Waals surface area contributed by atoms with E-state index in [0.717, 1.165) is 42.4 Å². The molecule has 0 spiro atoms. The summed E-state index contributed by atoms with van der Waals surface area (Å²) in [6, 6.07) is 10.6. The van der Waals surface area contributed by atoms with Gasteiger partial charge in [-0.25, -0.2) is 4.39 Å². The zero-order chi connectivity index (χ0) is 22.7. The molecule has 2 aliphatic heterocycles. The average molecular weight is 456 g/mol. The number of thioether (sulfide) groups is 1. The Bertz CT molecular complexity index is 1040. The van der Waals surface area contributed by atoms with Crippen LogP contribution in [0.1, 0.15) is 17.5 Å². The van der Waals surface area contributed by atoms with Gasteiger partial charge in [-0.2, -0.15) is 16.9 Å². The smallest absolute Gasteiger partial charge is 0.271 e. The highest BCUT2D eigenvalue weighted by Crippen LogP contribution is 2.26. The third-order valence-electron chi connectivity index (χ3n) is 5.78. The van der Waals surface area contributed by atoms with Crippen LogP contribution in [0.2, 0.25) is 0 Å². The predicted octanol–water partition coefficient (Wildman–Crippen LogP) is 2.74. The molecular formula is C23H26FN5O2S. The Morgan fingerprint density at radius 1 is 1.19 bits per heavy atom. The van der Waals surface area contributed by atoms with Crippen LogP contribution in [0.25, 0.3) is 0 Å². The lowest BCUT2D eigenvalue weighted by Crippen LogP contribution is -2.39. The summed E-state index contributed by atoms with van der Waals surface area (Å²) in [6.07, 6.45) is 0.0860. The van der Waals surface area contributed by atoms with Crippen LogP contribution in [0.15, 0.2) is 47.6 Å². The van der Waals surface area contributed by atoms with Crippen molar-refractivity contribution >= 4 is 40.7 Å². The maximum absolute atomic E-state index is 13.3. The lowest BCUT2D eigenvalue weighted by molar-refractivity contribution is -0.119. The first-order valence-corrected chi connectivity index (χ1v) is 11.7. The van der Waals surface area contributed by atoms with Crippen molar-refractivity contribution < 1.29 is 14.0 Å². The molecule has 1 unspecified atom stereocenters. The van der Waals surface area contributed by atoms with Crippen LogP contribution in [0.4, 0.5) is 15.8 Å². The molecule has 0 saturated carbocycles. The highest BCUT2D eigenvalue weighted by molar-refractivity contribution is 7.99. The van der Waals surface area contributed by atoms with Gasteiger partial charge in [-0.15, -0.1) is 0 Å². The van der Waals surface area contributed by atoms with Crippen LogP contribution in [-0.4, -0.2) is 53.1 Å². The predicted molar refractivity (Wildman–Crippen MR) is 126 cm³/mol. The van der Waals surface area contributed by atoms with E-state index in [-0.39, 0.29) is 18.0 Å². The van der Waals surface area contributed by atoms with Gasteiger partial charge < -0.3 is 11.1 Å². The zero-order valence-corrected chi connectivity index (χ0v) is 18.7. The van der Waals surface area contributed by atoms with Gasteiger partial charge in [-0.05, 0) is 48.4 Å². The van der Waals surface area contributed by atoms with E-state index in [1.54, 1.807) is 0 Å². The quantitative estimate of drug-likeness (QED) is 0.699. The Kier molecular flexibility index (Phi) is 6.76. The second kappa shape index (κ2) is 9.70. The maximum Gasteiger partial charge on any atom is 0.271 e. The summed E-state index contributed by atoms with van der Waals surface area (Å²) in [6.45, 7) is 4.97. The molecule has 0 bridgehead atoms. The Morgan fingerprint density at radius 3 is 2.59 bits per heavy atom. The van der Waals surface area contributed by atoms with Gasteiger partial charge in [0.15, 0.2) is 0 Å². The number of hydrogen-bond donors (Lipinski definition) is 2. The molecule has 9 heteroatoms. The van der Waals surface area contributed by atoms with Crippen molar-refractivity contribution in [3.05, 3.63) is 59.4 Å². The zero-order valence-electron chi connectivity index (χ0n) is 17.9. The SMILES string of the molecule is Cc1c(CN2CCSCC2)cccc1NC(=O)C1=NN(c2ccc(F)cc2)C(C(N)=O)C1. The van der Waals surface area contributed by atoms with Crippen molar-refractivity contribution in [2.24, 2.45) is 10.8 Å². The summed E-state index contributed by atoms with van der Waals surface area (Å²) in [5, 5.41) is 8.66. The third-order valence-corrected chi connectivity index (χ3v) is 6.73. The molecule has 4 rings (SSSR count). The van der Waals surface area contributed by atoms with Gasteiger partial charge in [-0.1, -0.05) is 12.1 Å². The van der Waals surface area contributed by atoms with E-state index < -0.39 is 17.8 Å². The number of anilines is 2. The monoisotopic (exact) mass is 455 g/mol. The van der Waals surface area contributed by atoms with Crippen molar-refractivity contribution in [3.8, 4) is 0 Å². The first-order valence-electron chi connectivity index (χ1n) is 10.5. The molecule has 0 aromatic heterocycles. The summed E-state index contributed by atoms with van der Waals surface area (Å²) in [5.74, 6) is 0.903. The summed E-state index contributed by atoms with van der Waals surface area (Å²) >= 11 is 1.97. The Morgan fingerprint density at radius 2 is 1.91 bits per heavy atom. The van der Waals surface area contributed by atoms with Crippen LogP contribution in [0, 0.1) is 12.7 Å². The first kappa shape index (κ1) is 22.3. The van der Waals surface area contributed by atoms with Gasteiger partial charge in [0.2, 0.25) is 5.91 Å². The number of nitrogens with zero attached hydrogens (tertiary/aromatic N) is 3. The van der Waals surface area contributed by atoms with Gasteiger partial charge in [0.1, 0.15) is 17.6 Å². The number of rotatable bonds is 6. The highest BCUT2D eigenvalue weighted by Gasteiger charge is 2.35. The van der Waals surface area contributed by atoms with Crippen LogP contribution >= 0.6 is 11.8 Å². The Labute approximate surface area is 190 Å². The first-order chi connectivity index (χ1) is 15.4. The topological polar surface area (TPSA) is 91.0 Å². The van der Waals surface area contributed by atoms with Crippen LogP contribution < -0.4 is 16.1 Å². The molecule has 168 valence electrons. The van der Waals surface area contributed by atoms with Crippen molar-refractivity contribution in [1.29, 1.82) is 0 Å². The number of hydrazone groups is 1. The van der Waals surface area contributed by atoms with Gasteiger partial charge >= 0.3 is 0 Å². The number of nitrogens with two attached hydrogens (primary N) is 1. The van der Waals surface area contributed by atoms with Crippen molar-refractivity contribution in [1.82, 2.24) is 4.90 Å². The Hall–Kier alpha value is -2.91. The van der Waals surface area contributed by atoms with Crippen LogP contribution in [-0.2, 0) is 16.1 Å². The Balaban J connectivity index is 1.50. The van der Waals surface area contributed by atoms with E-state index >= 15 is 0 Å². The molecule has 7 nitrogen and oxygen atoms in total. The molecule has 2 aliphatic rings. The molecule has 32 heavy (non-hydrogen) atoms. The third kappa shape index (κ3) is 4.94. The molecule has 3 N–H and O–H groups in total. The molecule has 0 aliphatic carbocycles. The van der Waals surface area contributed by atoms with Crippen LogP contribution in [0.5, 0.6) is 0 Å². The van der Waals surface area contributed by atoms with Gasteiger partial charge in [0, 0.05) is 43.2 Å². The fourth-order valence-corrected chi connectivity index (χ4v) is 4.86. The number of nitrogens with one attached hydrogen (secondary N) is 1. The number of benzene rings is 2. The fraction of sp³-hybridized carbons (Fsp3) is 0.348. The molecule has 2 amide bonds. The standard InChI is InChI=1S/C23H26FN5O2S/c1-15-16(14-28-9-11-32-12-10-28)3-2-4-19(15)26-23(31)20-13-21(22(25)30)29(27-20)18-7-5-17(24)6-8-18/h2-8,21H,9-14H2,1H3,(H2,25,30)(H,26,31). The van der Waals surface area contributed by atoms with Crippen molar-refractivity contribution in [2.75, 3.05) is 34.9 Å². The number of carbonyl (C=O) groups is 2. The summed E-state index contributed by atoms with van der Waals surface area (Å²) in [5.41, 5.74) is 9.14. The van der Waals surface area contributed by atoms with Gasteiger partial charge in [0.25, 0.3) is 5.91 Å². The van der Waals surface area contributed by atoms with E-state index in [2.05, 4.69) is 21.4 Å². The number of halogens is 1. The van der Waals surface area contributed by atoms with E-state index in [4.69, 9.17) is 5.73 Å². The van der Waals surface area contributed by atoms with Gasteiger partial charge in [0.05, 0.1) is 5.69 Å².